The molecule has 11 heavy (non-hydrogen) atoms. The van der Waals surface area contributed by atoms with E-state index in [0.29, 0.717) is 5.92 Å². The van der Waals surface area contributed by atoms with Gasteiger partial charge in [0.25, 0.3) is 0 Å². The molecule has 2 aliphatic heterocycles. The van der Waals surface area contributed by atoms with Crippen molar-refractivity contribution in [3.05, 3.63) is 0 Å². The first-order valence-corrected chi connectivity index (χ1v) is 4.39. The quantitative estimate of drug-likeness (QED) is 0.533. The van der Waals surface area contributed by atoms with Crippen LogP contribution < -0.4 is 5.32 Å². The van der Waals surface area contributed by atoms with E-state index in [4.69, 9.17) is 9.47 Å². The smallest absolute Gasteiger partial charge is 0.173 e. The minimum absolute atomic E-state index is 0.145. The third-order valence-corrected chi connectivity index (χ3v) is 3.23. The van der Waals surface area contributed by atoms with E-state index < -0.39 is 0 Å². The SMILES string of the molecule is C1COC2(CC3CNCC32)O1. The molecule has 0 bridgehead atoms. The Morgan fingerprint density at radius 3 is 2.73 bits per heavy atom. The average molecular weight is 155 g/mol. The summed E-state index contributed by atoms with van der Waals surface area (Å²) in [7, 11) is 0. The summed E-state index contributed by atoms with van der Waals surface area (Å²) < 4.78 is 11.3. The second-order valence-electron chi connectivity index (χ2n) is 3.74. The van der Waals surface area contributed by atoms with Gasteiger partial charge >= 0.3 is 0 Å². The number of nitrogens with one attached hydrogen (secondary N) is 1. The zero-order chi connectivity index (χ0) is 7.31. The fraction of sp³-hybridized carbons (Fsp3) is 1.00. The van der Waals surface area contributed by atoms with E-state index in [1.54, 1.807) is 0 Å². The summed E-state index contributed by atoms with van der Waals surface area (Å²) in [5.41, 5.74) is 0. The van der Waals surface area contributed by atoms with E-state index in [-0.39, 0.29) is 5.79 Å². The van der Waals surface area contributed by atoms with E-state index >= 15 is 0 Å². The Morgan fingerprint density at radius 1 is 1.18 bits per heavy atom. The molecule has 2 saturated heterocycles. The number of fused-ring (bicyclic) bond motifs is 2. The Kier molecular flexibility index (Phi) is 1.15. The molecule has 3 fully saturated rings. The lowest BCUT2D eigenvalue weighted by atomic mass is 9.70. The zero-order valence-corrected chi connectivity index (χ0v) is 6.51. The van der Waals surface area contributed by atoms with Crippen LogP contribution in [-0.4, -0.2) is 32.1 Å². The number of hydrogen-bond acceptors (Lipinski definition) is 3. The third kappa shape index (κ3) is 0.687. The summed E-state index contributed by atoms with van der Waals surface area (Å²) in [5, 5.41) is 3.38. The highest BCUT2D eigenvalue weighted by Crippen LogP contribution is 2.50. The van der Waals surface area contributed by atoms with Crippen molar-refractivity contribution >= 4 is 0 Å². The molecule has 1 N–H and O–H groups in total. The molecule has 1 saturated carbocycles. The van der Waals surface area contributed by atoms with E-state index in [0.717, 1.165) is 32.1 Å². The van der Waals surface area contributed by atoms with Crippen LogP contribution in [0.15, 0.2) is 0 Å². The summed E-state index contributed by atoms with van der Waals surface area (Å²) in [5.74, 6) is 1.33. The van der Waals surface area contributed by atoms with Gasteiger partial charge in [-0.25, -0.2) is 0 Å². The minimum atomic E-state index is -0.145. The molecule has 3 aliphatic rings. The van der Waals surface area contributed by atoms with Gasteiger partial charge in [0.15, 0.2) is 5.79 Å². The van der Waals surface area contributed by atoms with Crippen LogP contribution in [0.25, 0.3) is 0 Å². The summed E-state index contributed by atoms with van der Waals surface area (Å²) in [4.78, 5) is 0. The maximum atomic E-state index is 5.63. The van der Waals surface area contributed by atoms with E-state index in [1.807, 2.05) is 0 Å². The van der Waals surface area contributed by atoms with Crippen LogP contribution in [0.1, 0.15) is 6.42 Å². The van der Waals surface area contributed by atoms with Crippen LogP contribution in [0, 0.1) is 11.8 Å². The van der Waals surface area contributed by atoms with Gasteiger partial charge in [-0.05, 0) is 12.5 Å². The third-order valence-electron chi connectivity index (χ3n) is 3.23. The molecule has 1 aliphatic carbocycles. The van der Waals surface area contributed by atoms with E-state index in [2.05, 4.69) is 5.32 Å². The highest BCUT2D eigenvalue weighted by atomic mass is 16.7. The second-order valence-corrected chi connectivity index (χ2v) is 3.74. The Hall–Kier alpha value is -0.120. The average Bonchev–Trinajstić information content (AvgIpc) is 2.52. The molecule has 0 aromatic rings. The summed E-state index contributed by atoms with van der Waals surface area (Å²) in [6.07, 6.45) is 1.12. The van der Waals surface area contributed by atoms with Gasteiger partial charge in [-0.15, -0.1) is 0 Å². The molecule has 0 aromatic carbocycles. The first-order chi connectivity index (χ1) is 5.41. The Bertz CT molecular complexity index is 177. The molecule has 3 rings (SSSR count). The standard InChI is InChI=1S/C8H13NO2/c1-2-11-8(10-1)3-6-4-9-5-7(6)8/h6-7,9H,1-5H2. The summed E-state index contributed by atoms with van der Waals surface area (Å²) in [6.45, 7) is 3.84. The van der Waals surface area contributed by atoms with Crippen LogP contribution >= 0.6 is 0 Å². The molecule has 3 nitrogen and oxygen atoms in total. The van der Waals surface area contributed by atoms with Gasteiger partial charge in [0.2, 0.25) is 0 Å². The monoisotopic (exact) mass is 155 g/mol. The Morgan fingerprint density at radius 2 is 2.00 bits per heavy atom. The Balaban J connectivity index is 1.81. The summed E-state index contributed by atoms with van der Waals surface area (Å²) in [6, 6.07) is 0. The molecule has 62 valence electrons. The lowest BCUT2D eigenvalue weighted by Gasteiger charge is -2.47. The van der Waals surface area contributed by atoms with Crippen LogP contribution in [0.4, 0.5) is 0 Å². The van der Waals surface area contributed by atoms with Gasteiger partial charge in [0.05, 0.1) is 13.2 Å². The molecule has 0 amide bonds. The maximum Gasteiger partial charge on any atom is 0.173 e. The zero-order valence-electron chi connectivity index (χ0n) is 6.51. The van der Waals surface area contributed by atoms with Gasteiger partial charge in [-0.2, -0.15) is 0 Å². The fourth-order valence-corrected chi connectivity index (χ4v) is 2.62. The predicted octanol–water partition coefficient (Wildman–Crippen LogP) is -0.0312. The first-order valence-electron chi connectivity index (χ1n) is 4.39. The number of ether oxygens (including phenoxy) is 2. The normalized spacial score (nSPS) is 45.8. The minimum Gasteiger partial charge on any atom is -0.347 e. The molecule has 2 heterocycles. The van der Waals surface area contributed by atoms with E-state index in [9.17, 15) is 0 Å². The van der Waals surface area contributed by atoms with E-state index in [1.165, 1.54) is 6.54 Å². The van der Waals surface area contributed by atoms with Crippen LogP contribution in [0.2, 0.25) is 0 Å². The maximum absolute atomic E-state index is 5.63. The van der Waals surface area contributed by atoms with Gasteiger partial charge in [0.1, 0.15) is 0 Å². The largest absolute Gasteiger partial charge is 0.347 e. The fourth-order valence-electron chi connectivity index (χ4n) is 2.62. The van der Waals surface area contributed by atoms with Crippen molar-refractivity contribution < 1.29 is 9.47 Å². The highest BCUT2D eigenvalue weighted by Gasteiger charge is 2.59. The molecule has 1 spiro atoms. The molecule has 0 aromatic heterocycles. The van der Waals surface area contributed by atoms with Crippen molar-refractivity contribution in [1.29, 1.82) is 0 Å². The molecular formula is C8H13NO2. The number of rotatable bonds is 0. The van der Waals surface area contributed by atoms with Gasteiger partial charge < -0.3 is 14.8 Å². The molecule has 2 atom stereocenters. The van der Waals surface area contributed by atoms with Crippen molar-refractivity contribution in [1.82, 2.24) is 5.32 Å². The second kappa shape index (κ2) is 1.97. The highest BCUT2D eigenvalue weighted by molar-refractivity contribution is 5.04. The Labute approximate surface area is 66.1 Å². The van der Waals surface area contributed by atoms with Gasteiger partial charge in [-0.1, -0.05) is 0 Å². The molecular weight excluding hydrogens is 142 g/mol. The van der Waals surface area contributed by atoms with Crippen molar-refractivity contribution in [2.24, 2.45) is 11.8 Å². The van der Waals surface area contributed by atoms with Crippen molar-refractivity contribution in [3.63, 3.8) is 0 Å². The molecule has 2 unspecified atom stereocenters. The van der Waals surface area contributed by atoms with Crippen LogP contribution in [-0.2, 0) is 9.47 Å². The lowest BCUT2D eigenvalue weighted by Crippen LogP contribution is -2.54. The van der Waals surface area contributed by atoms with Gasteiger partial charge in [-0.3, -0.25) is 0 Å². The van der Waals surface area contributed by atoms with Crippen LogP contribution in [0.3, 0.4) is 0 Å². The number of hydrogen-bond donors (Lipinski definition) is 1. The molecule has 3 heteroatoms. The van der Waals surface area contributed by atoms with Crippen molar-refractivity contribution in [2.75, 3.05) is 26.3 Å². The first kappa shape index (κ1) is 6.40. The topological polar surface area (TPSA) is 30.5 Å². The van der Waals surface area contributed by atoms with Crippen molar-refractivity contribution in [2.45, 2.75) is 12.2 Å². The van der Waals surface area contributed by atoms with Gasteiger partial charge in [0, 0.05) is 18.9 Å². The molecule has 0 radical (unpaired) electrons. The van der Waals surface area contributed by atoms with Crippen LogP contribution in [0.5, 0.6) is 0 Å². The lowest BCUT2D eigenvalue weighted by molar-refractivity contribution is -0.262. The summed E-state index contributed by atoms with van der Waals surface area (Å²) >= 11 is 0. The van der Waals surface area contributed by atoms with Crippen molar-refractivity contribution in [3.8, 4) is 0 Å². The predicted molar refractivity (Wildman–Crippen MR) is 39.1 cm³/mol.